The zero-order valence-corrected chi connectivity index (χ0v) is 20.3. The summed E-state index contributed by atoms with van der Waals surface area (Å²) in [4.78, 5) is 32.8. The van der Waals surface area contributed by atoms with Gasteiger partial charge in [-0.05, 0) is 88.7 Å². The lowest BCUT2D eigenvalue weighted by Crippen LogP contribution is -2.49. The first-order valence-electron chi connectivity index (χ1n) is 13.2. The van der Waals surface area contributed by atoms with Crippen molar-refractivity contribution in [2.24, 2.45) is 0 Å². The molecule has 0 bridgehead atoms. The van der Waals surface area contributed by atoms with E-state index >= 15 is 4.39 Å². The minimum Gasteiger partial charge on any atom is -0.343 e. The highest BCUT2D eigenvalue weighted by Gasteiger charge is 2.36. The number of piperidine rings is 2. The molecule has 6 rings (SSSR count). The van der Waals surface area contributed by atoms with Crippen LogP contribution in [0.4, 0.5) is 14.9 Å². The maximum absolute atomic E-state index is 15.2. The lowest BCUT2D eigenvalue weighted by atomic mass is 9.88. The van der Waals surface area contributed by atoms with Crippen molar-refractivity contribution in [1.82, 2.24) is 25.1 Å². The number of hydrogen-bond acceptors (Lipinski definition) is 5. The van der Waals surface area contributed by atoms with Gasteiger partial charge in [0.25, 0.3) is 0 Å². The van der Waals surface area contributed by atoms with Crippen molar-refractivity contribution in [2.45, 2.75) is 69.0 Å². The van der Waals surface area contributed by atoms with Crippen LogP contribution in [0.5, 0.6) is 0 Å². The Hall–Kier alpha value is -2.52. The van der Waals surface area contributed by atoms with E-state index in [0.717, 1.165) is 68.6 Å². The van der Waals surface area contributed by atoms with Gasteiger partial charge in [-0.3, -0.25) is 20.0 Å². The molecule has 188 valence electrons. The first-order chi connectivity index (χ1) is 17.0. The number of alkyl halides is 1. The zero-order valence-electron chi connectivity index (χ0n) is 20.3. The number of rotatable bonds is 5. The molecule has 0 aromatic carbocycles. The molecule has 5 heterocycles. The molecule has 0 radical (unpaired) electrons. The number of urea groups is 1. The average molecular weight is 483 g/mol. The number of carbonyl (C=O) groups is 2. The highest BCUT2D eigenvalue weighted by atomic mass is 19.1. The summed E-state index contributed by atoms with van der Waals surface area (Å²) in [6, 6.07) is 2.17. The SMILES string of the molecule is O=C1CCN(c2cnc3c(C4CCN(CC5(F)CCNCC5)CC4)cn(C4CCC4)c3c2)C(=O)N1. The van der Waals surface area contributed by atoms with E-state index in [2.05, 4.69) is 32.4 Å². The molecule has 4 aliphatic rings. The van der Waals surface area contributed by atoms with Crippen molar-refractivity contribution in [2.75, 3.05) is 44.2 Å². The van der Waals surface area contributed by atoms with Crippen molar-refractivity contribution in [3.63, 3.8) is 0 Å². The number of imide groups is 1. The number of aromatic nitrogens is 2. The number of nitrogens with one attached hydrogen (secondary N) is 2. The molecule has 3 aliphatic heterocycles. The van der Waals surface area contributed by atoms with Crippen LogP contribution in [0.25, 0.3) is 11.0 Å². The van der Waals surface area contributed by atoms with Crippen LogP contribution in [0.1, 0.15) is 68.9 Å². The molecular weight excluding hydrogens is 447 g/mol. The van der Waals surface area contributed by atoms with Gasteiger partial charge in [-0.2, -0.15) is 0 Å². The van der Waals surface area contributed by atoms with Crippen LogP contribution in [-0.2, 0) is 4.79 Å². The summed E-state index contributed by atoms with van der Waals surface area (Å²) in [7, 11) is 0. The van der Waals surface area contributed by atoms with Crippen LogP contribution in [-0.4, -0.2) is 71.3 Å². The molecule has 35 heavy (non-hydrogen) atoms. The van der Waals surface area contributed by atoms with E-state index in [0.29, 0.717) is 44.3 Å². The lowest BCUT2D eigenvalue weighted by molar-refractivity contribution is -0.120. The molecule has 0 spiro atoms. The standard InChI is InChI=1S/C26H35FN6O2/c27-26(7-9-28-10-8-26)17-31-11-4-18(5-12-31)21-16-33(19-2-1-3-19)22-14-20(15-29-24(21)22)32-13-6-23(34)30-25(32)35/h14-16,18-19,28H,1-13,17H2,(H,30,34,35). The van der Waals surface area contributed by atoms with Crippen molar-refractivity contribution < 1.29 is 14.0 Å². The second kappa shape index (κ2) is 9.17. The quantitative estimate of drug-likeness (QED) is 0.682. The minimum atomic E-state index is -1.05. The van der Waals surface area contributed by atoms with Crippen LogP contribution < -0.4 is 15.5 Å². The zero-order chi connectivity index (χ0) is 24.0. The summed E-state index contributed by atoms with van der Waals surface area (Å²) >= 11 is 0. The highest BCUT2D eigenvalue weighted by Crippen LogP contribution is 2.41. The fraction of sp³-hybridized carbons (Fsp3) is 0.654. The largest absolute Gasteiger partial charge is 0.343 e. The summed E-state index contributed by atoms with van der Waals surface area (Å²) in [6.45, 7) is 4.31. The Labute approximate surface area is 205 Å². The van der Waals surface area contributed by atoms with Gasteiger partial charge in [-0.1, -0.05) is 0 Å². The summed E-state index contributed by atoms with van der Waals surface area (Å²) in [5, 5.41) is 5.67. The third kappa shape index (κ3) is 4.44. The average Bonchev–Trinajstić information content (AvgIpc) is 3.17. The molecule has 2 aromatic heterocycles. The normalized spacial score (nSPS) is 24.5. The molecule has 1 aliphatic carbocycles. The monoisotopic (exact) mass is 482 g/mol. The molecule has 9 heteroatoms. The second-order valence-electron chi connectivity index (χ2n) is 10.8. The smallest absolute Gasteiger partial charge is 0.328 e. The third-order valence-corrected chi connectivity index (χ3v) is 8.55. The molecule has 2 aromatic rings. The summed E-state index contributed by atoms with van der Waals surface area (Å²) < 4.78 is 17.6. The highest BCUT2D eigenvalue weighted by molar-refractivity contribution is 6.06. The second-order valence-corrected chi connectivity index (χ2v) is 10.8. The fourth-order valence-electron chi connectivity index (χ4n) is 6.20. The Morgan fingerprint density at radius 1 is 1.09 bits per heavy atom. The van der Waals surface area contributed by atoms with Crippen LogP contribution in [0.3, 0.4) is 0 Å². The maximum atomic E-state index is 15.2. The molecule has 4 fully saturated rings. The number of fused-ring (bicyclic) bond motifs is 1. The Balaban J connectivity index is 1.22. The van der Waals surface area contributed by atoms with Gasteiger partial charge >= 0.3 is 6.03 Å². The van der Waals surface area contributed by atoms with Gasteiger partial charge in [0.1, 0.15) is 5.67 Å². The van der Waals surface area contributed by atoms with Crippen LogP contribution in [0.2, 0.25) is 0 Å². The molecule has 3 saturated heterocycles. The van der Waals surface area contributed by atoms with Crippen molar-refractivity contribution in [3.05, 3.63) is 24.0 Å². The minimum absolute atomic E-state index is 0.231. The summed E-state index contributed by atoms with van der Waals surface area (Å²) in [5.41, 5.74) is 3.06. The van der Waals surface area contributed by atoms with Crippen molar-refractivity contribution in [3.8, 4) is 0 Å². The van der Waals surface area contributed by atoms with Crippen molar-refractivity contribution >= 4 is 28.7 Å². The number of anilines is 1. The van der Waals surface area contributed by atoms with E-state index in [1.807, 2.05) is 0 Å². The van der Waals surface area contributed by atoms with Gasteiger partial charge in [0.2, 0.25) is 5.91 Å². The molecule has 3 amide bonds. The van der Waals surface area contributed by atoms with Crippen LogP contribution in [0, 0.1) is 0 Å². The van der Waals surface area contributed by atoms with Gasteiger partial charge in [0.05, 0.1) is 22.9 Å². The Morgan fingerprint density at radius 2 is 1.86 bits per heavy atom. The molecule has 1 saturated carbocycles. The Bertz CT molecular complexity index is 1110. The number of hydrogen-bond donors (Lipinski definition) is 2. The van der Waals surface area contributed by atoms with E-state index in [4.69, 9.17) is 4.98 Å². The topological polar surface area (TPSA) is 82.5 Å². The van der Waals surface area contributed by atoms with E-state index < -0.39 is 5.67 Å². The number of pyridine rings is 1. The Morgan fingerprint density at radius 3 is 2.54 bits per heavy atom. The number of likely N-dealkylation sites (tertiary alicyclic amines) is 1. The van der Waals surface area contributed by atoms with Gasteiger partial charge < -0.3 is 14.8 Å². The fourth-order valence-corrected chi connectivity index (χ4v) is 6.20. The van der Waals surface area contributed by atoms with Crippen LogP contribution >= 0.6 is 0 Å². The summed E-state index contributed by atoms with van der Waals surface area (Å²) in [5.74, 6) is 0.179. The molecule has 0 atom stereocenters. The first-order valence-corrected chi connectivity index (χ1v) is 13.2. The van der Waals surface area contributed by atoms with Gasteiger partial charge in [-0.15, -0.1) is 0 Å². The molecule has 0 unspecified atom stereocenters. The molecule has 8 nitrogen and oxygen atoms in total. The van der Waals surface area contributed by atoms with E-state index in [-0.39, 0.29) is 11.9 Å². The Kier molecular flexibility index (Phi) is 6.00. The van der Waals surface area contributed by atoms with Crippen LogP contribution in [0.15, 0.2) is 18.5 Å². The van der Waals surface area contributed by atoms with E-state index in [9.17, 15) is 9.59 Å². The molecule has 2 N–H and O–H groups in total. The molecular formula is C26H35FN6O2. The summed E-state index contributed by atoms with van der Waals surface area (Å²) in [6.07, 6.45) is 11.2. The lowest BCUT2D eigenvalue weighted by Gasteiger charge is -2.38. The number of amides is 3. The number of carbonyl (C=O) groups excluding carboxylic acids is 2. The third-order valence-electron chi connectivity index (χ3n) is 8.55. The maximum Gasteiger partial charge on any atom is 0.328 e. The van der Waals surface area contributed by atoms with Gasteiger partial charge in [0, 0.05) is 31.7 Å². The van der Waals surface area contributed by atoms with Gasteiger partial charge in [0.15, 0.2) is 0 Å². The van der Waals surface area contributed by atoms with E-state index in [1.54, 1.807) is 11.1 Å². The van der Waals surface area contributed by atoms with E-state index in [1.165, 1.54) is 12.0 Å². The number of nitrogens with zero attached hydrogens (tertiary/aromatic N) is 4. The van der Waals surface area contributed by atoms with Crippen molar-refractivity contribution in [1.29, 1.82) is 0 Å². The predicted molar refractivity (Wildman–Crippen MR) is 132 cm³/mol. The first kappa shape index (κ1) is 22.9. The number of halogens is 1. The van der Waals surface area contributed by atoms with Gasteiger partial charge in [-0.25, -0.2) is 9.18 Å². The predicted octanol–water partition coefficient (Wildman–Crippen LogP) is 3.48.